The number of likely N-dealkylation sites (tertiary alicyclic amines) is 1. The molecule has 0 aromatic carbocycles. The van der Waals surface area contributed by atoms with Gasteiger partial charge in [0.25, 0.3) is 0 Å². The number of piperidine rings is 1. The molecule has 2 N–H and O–H groups in total. The smallest absolute Gasteiger partial charge is 0.137 e. The molecular weight excluding hydrogens is 224 g/mol. The van der Waals surface area contributed by atoms with E-state index in [1.807, 2.05) is 0 Å². The van der Waals surface area contributed by atoms with Crippen LogP contribution in [0.2, 0.25) is 0 Å². The SMILES string of the molecule is C=C(C)[C@H]1CC[C@@](C)([NH+]2CCCCC2)/C(=N\O)C1. The van der Waals surface area contributed by atoms with E-state index in [9.17, 15) is 5.21 Å². The molecule has 3 nitrogen and oxygen atoms in total. The fraction of sp³-hybridized carbons (Fsp3) is 0.800. The zero-order valence-electron chi connectivity index (χ0n) is 11.8. The topological polar surface area (TPSA) is 37.0 Å². The van der Waals surface area contributed by atoms with E-state index in [0.29, 0.717) is 5.92 Å². The number of quaternary nitrogens is 1. The first-order chi connectivity index (χ1) is 8.58. The van der Waals surface area contributed by atoms with E-state index in [1.165, 1.54) is 44.3 Å². The molecule has 0 aromatic rings. The third kappa shape index (κ3) is 2.46. The van der Waals surface area contributed by atoms with Crippen molar-refractivity contribution in [2.75, 3.05) is 13.1 Å². The molecule has 2 rings (SSSR count). The number of nitrogens with one attached hydrogen (secondary N) is 1. The zero-order valence-corrected chi connectivity index (χ0v) is 11.8. The Labute approximate surface area is 111 Å². The predicted octanol–water partition coefficient (Wildman–Crippen LogP) is 2.02. The lowest BCUT2D eigenvalue weighted by molar-refractivity contribution is -0.944. The van der Waals surface area contributed by atoms with Gasteiger partial charge in [0.2, 0.25) is 0 Å². The third-order valence-corrected chi connectivity index (χ3v) is 5.12. The first-order valence-electron chi connectivity index (χ1n) is 7.30. The normalized spacial score (nSPS) is 36.8. The summed E-state index contributed by atoms with van der Waals surface area (Å²) >= 11 is 0. The summed E-state index contributed by atoms with van der Waals surface area (Å²) in [6.07, 6.45) is 7.19. The molecule has 0 amide bonds. The van der Waals surface area contributed by atoms with Crippen molar-refractivity contribution in [1.82, 2.24) is 0 Å². The lowest BCUT2D eigenvalue weighted by Crippen LogP contribution is -3.21. The van der Waals surface area contributed by atoms with E-state index < -0.39 is 0 Å². The summed E-state index contributed by atoms with van der Waals surface area (Å²) < 4.78 is 0. The van der Waals surface area contributed by atoms with E-state index in [2.05, 4.69) is 25.6 Å². The molecule has 2 fully saturated rings. The minimum absolute atomic E-state index is 0.0567. The van der Waals surface area contributed by atoms with Crippen molar-refractivity contribution in [2.45, 2.75) is 57.9 Å². The van der Waals surface area contributed by atoms with Crippen molar-refractivity contribution in [2.24, 2.45) is 11.1 Å². The van der Waals surface area contributed by atoms with Gasteiger partial charge in [0.05, 0.1) is 13.1 Å². The van der Waals surface area contributed by atoms with Crippen LogP contribution >= 0.6 is 0 Å². The van der Waals surface area contributed by atoms with Crippen LogP contribution in [0.3, 0.4) is 0 Å². The van der Waals surface area contributed by atoms with E-state index in [4.69, 9.17) is 0 Å². The Morgan fingerprint density at radius 2 is 2.06 bits per heavy atom. The molecule has 18 heavy (non-hydrogen) atoms. The quantitative estimate of drug-likeness (QED) is 0.440. The number of hydrogen-bond acceptors (Lipinski definition) is 2. The lowest BCUT2D eigenvalue weighted by atomic mass is 9.72. The van der Waals surface area contributed by atoms with Crippen molar-refractivity contribution in [3.63, 3.8) is 0 Å². The van der Waals surface area contributed by atoms with Gasteiger partial charge < -0.3 is 10.1 Å². The number of hydrogen-bond donors (Lipinski definition) is 2. The van der Waals surface area contributed by atoms with Crippen LogP contribution < -0.4 is 4.90 Å². The molecule has 0 spiro atoms. The molecule has 1 aliphatic carbocycles. The van der Waals surface area contributed by atoms with Crippen LogP contribution in [-0.2, 0) is 0 Å². The Balaban J connectivity index is 2.14. The molecule has 1 saturated heterocycles. The molecule has 0 bridgehead atoms. The molecule has 1 saturated carbocycles. The maximum absolute atomic E-state index is 9.40. The van der Waals surface area contributed by atoms with Gasteiger partial charge in [-0.3, -0.25) is 0 Å². The van der Waals surface area contributed by atoms with Crippen LogP contribution in [0.15, 0.2) is 17.3 Å². The summed E-state index contributed by atoms with van der Waals surface area (Å²) in [5.74, 6) is 0.508. The summed E-state index contributed by atoms with van der Waals surface area (Å²) in [4.78, 5) is 1.63. The number of oxime groups is 1. The summed E-state index contributed by atoms with van der Waals surface area (Å²) in [6.45, 7) is 10.9. The third-order valence-electron chi connectivity index (χ3n) is 5.12. The molecular formula is C15H27N2O+. The van der Waals surface area contributed by atoms with Gasteiger partial charge in [-0.2, -0.15) is 0 Å². The van der Waals surface area contributed by atoms with Crippen molar-refractivity contribution >= 4 is 5.71 Å². The minimum atomic E-state index is 0.0567. The highest BCUT2D eigenvalue weighted by Gasteiger charge is 2.45. The van der Waals surface area contributed by atoms with Gasteiger partial charge in [0.1, 0.15) is 11.3 Å². The second-order valence-corrected chi connectivity index (χ2v) is 6.33. The van der Waals surface area contributed by atoms with E-state index in [0.717, 1.165) is 18.6 Å². The van der Waals surface area contributed by atoms with Gasteiger partial charge in [-0.05, 0) is 45.4 Å². The summed E-state index contributed by atoms with van der Waals surface area (Å²) in [6, 6.07) is 0. The molecule has 0 unspecified atom stereocenters. The van der Waals surface area contributed by atoms with E-state index in [-0.39, 0.29) is 5.54 Å². The molecule has 2 atom stereocenters. The Hall–Kier alpha value is -0.830. The zero-order chi connectivity index (χ0) is 13.2. The highest BCUT2D eigenvalue weighted by atomic mass is 16.4. The van der Waals surface area contributed by atoms with E-state index in [1.54, 1.807) is 4.90 Å². The first-order valence-corrected chi connectivity index (χ1v) is 7.30. The molecule has 2 aliphatic rings. The van der Waals surface area contributed by atoms with Crippen molar-refractivity contribution in [1.29, 1.82) is 0 Å². The maximum Gasteiger partial charge on any atom is 0.137 e. The Morgan fingerprint density at radius 3 is 2.61 bits per heavy atom. The lowest BCUT2D eigenvalue weighted by Gasteiger charge is -2.44. The largest absolute Gasteiger partial charge is 0.411 e. The van der Waals surface area contributed by atoms with Gasteiger partial charge >= 0.3 is 0 Å². The summed E-state index contributed by atoms with van der Waals surface area (Å²) in [5.41, 5.74) is 2.28. The van der Waals surface area contributed by atoms with Gasteiger partial charge in [-0.1, -0.05) is 17.3 Å². The van der Waals surface area contributed by atoms with Crippen LogP contribution in [0.25, 0.3) is 0 Å². The fourth-order valence-electron chi connectivity index (χ4n) is 3.65. The monoisotopic (exact) mass is 251 g/mol. The number of nitrogens with zero attached hydrogens (tertiary/aromatic N) is 1. The van der Waals surface area contributed by atoms with Crippen molar-refractivity contribution in [3.8, 4) is 0 Å². The van der Waals surface area contributed by atoms with Gasteiger partial charge in [-0.25, -0.2) is 0 Å². The average Bonchev–Trinajstić information content (AvgIpc) is 2.40. The van der Waals surface area contributed by atoms with Crippen LogP contribution in [0, 0.1) is 5.92 Å². The van der Waals surface area contributed by atoms with Crippen molar-refractivity contribution < 1.29 is 10.1 Å². The molecule has 1 heterocycles. The first kappa shape index (κ1) is 13.6. The molecule has 102 valence electrons. The highest BCUT2D eigenvalue weighted by Crippen LogP contribution is 2.32. The van der Waals surface area contributed by atoms with Gasteiger partial charge in [0, 0.05) is 12.8 Å². The second-order valence-electron chi connectivity index (χ2n) is 6.33. The molecule has 1 aliphatic heterocycles. The van der Waals surface area contributed by atoms with Gasteiger partial charge in [-0.15, -0.1) is 0 Å². The average molecular weight is 251 g/mol. The summed E-state index contributed by atoms with van der Waals surface area (Å²) in [7, 11) is 0. The van der Waals surface area contributed by atoms with Gasteiger partial charge in [0.15, 0.2) is 0 Å². The predicted molar refractivity (Wildman–Crippen MR) is 74.3 cm³/mol. The van der Waals surface area contributed by atoms with E-state index >= 15 is 0 Å². The Kier molecular flexibility index (Phi) is 4.10. The maximum atomic E-state index is 9.40. The van der Waals surface area contributed by atoms with Crippen LogP contribution in [0.4, 0.5) is 0 Å². The minimum Gasteiger partial charge on any atom is -0.411 e. The van der Waals surface area contributed by atoms with Crippen LogP contribution in [0.1, 0.15) is 52.4 Å². The second kappa shape index (κ2) is 5.43. The molecule has 0 aromatic heterocycles. The standard InChI is InChI=1S/C15H26N2O/c1-12(2)13-7-8-15(3,14(11-13)16-18)17-9-5-4-6-10-17/h13,18H,1,4-11H2,2-3H3/p+1/b16-14-/t13-,15+/m0/s1. The number of allylic oxidation sites excluding steroid dienone is 1. The Bertz CT molecular complexity index is 344. The van der Waals surface area contributed by atoms with Crippen LogP contribution in [-0.4, -0.2) is 29.5 Å². The highest BCUT2D eigenvalue weighted by molar-refractivity contribution is 5.92. The number of rotatable bonds is 2. The Morgan fingerprint density at radius 1 is 1.39 bits per heavy atom. The molecule has 3 heteroatoms. The molecule has 0 radical (unpaired) electrons. The summed E-state index contributed by atoms with van der Waals surface area (Å²) in [5, 5.41) is 13.1. The fourth-order valence-corrected chi connectivity index (χ4v) is 3.65. The van der Waals surface area contributed by atoms with Crippen LogP contribution in [0.5, 0.6) is 0 Å². The van der Waals surface area contributed by atoms with Crippen molar-refractivity contribution in [3.05, 3.63) is 12.2 Å².